The summed E-state index contributed by atoms with van der Waals surface area (Å²) in [6.45, 7) is 0.810. The molecule has 1 fully saturated rings. The lowest BCUT2D eigenvalue weighted by Gasteiger charge is -2.22. The van der Waals surface area contributed by atoms with E-state index in [0.29, 0.717) is 17.1 Å². The molecule has 0 aliphatic carbocycles. The van der Waals surface area contributed by atoms with Crippen molar-refractivity contribution in [2.75, 3.05) is 16.8 Å². The van der Waals surface area contributed by atoms with Crippen molar-refractivity contribution in [3.05, 3.63) is 58.0 Å². The molecule has 140 valence electrons. The Morgan fingerprint density at radius 1 is 1.30 bits per heavy atom. The van der Waals surface area contributed by atoms with Crippen LogP contribution in [-0.4, -0.2) is 28.5 Å². The van der Waals surface area contributed by atoms with Crippen LogP contribution in [0.1, 0.15) is 23.3 Å². The molecule has 1 aliphatic rings. The van der Waals surface area contributed by atoms with Gasteiger partial charge in [-0.3, -0.25) is 4.79 Å². The Kier molecular flexibility index (Phi) is 5.13. The predicted molar refractivity (Wildman–Crippen MR) is 102 cm³/mol. The highest BCUT2D eigenvalue weighted by Crippen LogP contribution is 2.29. The van der Waals surface area contributed by atoms with Crippen molar-refractivity contribution in [1.29, 1.82) is 0 Å². The first-order valence-corrected chi connectivity index (χ1v) is 10.2. The van der Waals surface area contributed by atoms with Gasteiger partial charge in [0.15, 0.2) is 21.9 Å². The smallest absolute Gasteiger partial charge is 0.248 e. The minimum atomic E-state index is -0.867. The van der Waals surface area contributed by atoms with E-state index in [1.807, 2.05) is 10.3 Å². The molecule has 1 saturated heterocycles. The molecule has 3 aromatic rings. The summed E-state index contributed by atoms with van der Waals surface area (Å²) in [5.74, 6) is -1.83. The molecule has 5 nitrogen and oxygen atoms in total. The number of halogens is 2. The summed E-state index contributed by atoms with van der Waals surface area (Å²) in [6.07, 6.45) is 5.53. The third kappa shape index (κ3) is 3.98. The van der Waals surface area contributed by atoms with Gasteiger partial charge in [0.05, 0.1) is 0 Å². The minimum absolute atomic E-state index is 0.101. The Labute approximate surface area is 162 Å². The van der Waals surface area contributed by atoms with Crippen LogP contribution in [0.4, 0.5) is 19.0 Å². The van der Waals surface area contributed by atoms with E-state index in [-0.39, 0.29) is 11.9 Å². The first kappa shape index (κ1) is 18.0. The molecule has 27 heavy (non-hydrogen) atoms. The predicted octanol–water partition coefficient (Wildman–Crippen LogP) is 4.08. The first-order chi connectivity index (χ1) is 13.1. The van der Waals surface area contributed by atoms with Gasteiger partial charge in [-0.15, -0.1) is 22.7 Å². The lowest BCUT2D eigenvalue weighted by atomic mass is 10.1. The molecule has 3 heterocycles. The number of benzene rings is 1. The Balaban J connectivity index is 1.41. The van der Waals surface area contributed by atoms with Crippen molar-refractivity contribution in [3.63, 3.8) is 0 Å². The Hall–Kier alpha value is -2.39. The van der Waals surface area contributed by atoms with Crippen molar-refractivity contribution >= 4 is 38.8 Å². The normalized spacial score (nSPS) is 16.7. The van der Waals surface area contributed by atoms with Crippen LogP contribution in [0.5, 0.6) is 0 Å². The molecular weight excluding hydrogens is 390 g/mol. The molecular formula is C18H16F2N4OS2. The van der Waals surface area contributed by atoms with Gasteiger partial charge >= 0.3 is 0 Å². The molecule has 1 N–H and O–H groups in total. The lowest BCUT2D eigenvalue weighted by molar-refractivity contribution is -0.117. The van der Waals surface area contributed by atoms with Crippen LogP contribution >= 0.6 is 22.7 Å². The van der Waals surface area contributed by atoms with Gasteiger partial charge in [-0.05, 0) is 30.5 Å². The summed E-state index contributed by atoms with van der Waals surface area (Å²) in [4.78, 5) is 24.1. The highest BCUT2D eigenvalue weighted by atomic mass is 32.1. The summed E-state index contributed by atoms with van der Waals surface area (Å²) in [5.41, 5.74) is 0.654. The molecule has 0 saturated carbocycles. The number of amides is 1. The van der Waals surface area contributed by atoms with E-state index in [1.54, 1.807) is 18.5 Å². The highest BCUT2D eigenvalue weighted by molar-refractivity contribution is 7.15. The van der Waals surface area contributed by atoms with Crippen LogP contribution in [-0.2, 0) is 11.2 Å². The van der Waals surface area contributed by atoms with Gasteiger partial charge in [0.25, 0.3) is 0 Å². The van der Waals surface area contributed by atoms with Crippen LogP contribution < -0.4 is 10.2 Å². The zero-order valence-corrected chi connectivity index (χ0v) is 15.8. The van der Waals surface area contributed by atoms with E-state index in [9.17, 15) is 13.6 Å². The molecule has 0 radical (unpaired) electrons. The second kappa shape index (κ2) is 7.69. The van der Waals surface area contributed by atoms with Crippen LogP contribution in [0.3, 0.4) is 0 Å². The average Bonchev–Trinajstić information content (AvgIpc) is 3.38. The maximum absolute atomic E-state index is 13.3. The zero-order valence-electron chi connectivity index (χ0n) is 14.2. The summed E-state index contributed by atoms with van der Waals surface area (Å²) < 4.78 is 26.4. The Morgan fingerprint density at radius 2 is 2.19 bits per heavy atom. The molecule has 0 bridgehead atoms. The molecule has 0 spiro atoms. The molecule has 4 rings (SSSR count). The summed E-state index contributed by atoms with van der Waals surface area (Å²) in [7, 11) is 0. The van der Waals surface area contributed by atoms with Crippen molar-refractivity contribution in [1.82, 2.24) is 9.97 Å². The van der Waals surface area contributed by atoms with Crippen LogP contribution in [0, 0.1) is 11.6 Å². The third-order valence-corrected chi connectivity index (χ3v) is 6.09. The number of nitrogens with one attached hydrogen (secondary N) is 1. The van der Waals surface area contributed by atoms with Gasteiger partial charge in [0, 0.05) is 35.6 Å². The molecule has 9 heteroatoms. The number of nitrogens with zero attached hydrogens (tertiary/aromatic N) is 3. The Morgan fingerprint density at radius 3 is 2.96 bits per heavy atom. The minimum Gasteiger partial charge on any atom is -0.336 e. The fourth-order valence-electron chi connectivity index (χ4n) is 3.11. The van der Waals surface area contributed by atoms with Crippen molar-refractivity contribution in [3.8, 4) is 0 Å². The number of rotatable bonds is 5. The van der Waals surface area contributed by atoms with E-state index in [2.05, 4.69) is 15.3 Å². The van der Waals surface area contributed by atoms with Crippen molar-refractivity contribution < 1.29 is 13.6 Å². The second-order valence-corrected chi connectivity index (χ2v) is 8.20. The van der Waals surface area contributed by atoms with E-state index in [0.717, 1.165) is 35.5 Å². The van der Waals surface area contributed by atoms with Gasteiger partial charge in [-0.2, -0.15) is 0 Å². The number of carbonyl (C=O) groups excluding carboxylic acids is 1. The maximum atomic E-state index is 13.3. The van der Waals surface area contributed by atoms with Crippen molar-refractivity contribution in [2.45, 2.75) is 25.3 Å². The van der Waals surface area contributed by atoms with E-state index < -0.39 is 11.6 Å². The molecule has 1 amide bonds. The van der Waals surface area contributed by atoms with Gasteiger partial charge in [0.1, 0.15) is 6.04 Å². The quantitative estimate of drug-likeness (QED) is 0.694. The molecule has 1 atom stereocenters. The number of anilines is 2. The summed E-state index contributed by atoms with van der Waals surface area (Å²) >= 11 is 2.85. The summed E-state index contributed by atoms with van der Waals surface area (Å²) in [6, 6.07) is 3.58. The SMILES string of the molecule is O=C(Nc1ncc(Cc2ccc(F)c(F)c2)s1)C1CCCN1c1nccs1. The van der Waals surface area contributed by atoms with Gasteiger partial charge in [-0.25, -0.2) is 18.7 Å². The number of carbonyl (C=O) groups is 1. The average molecular weight is 406 g/mol. The summed E-state index contributed by atoms with van der Waals surface area (Å²) in [5, 5.41) is 6.12. The van der Waals surface area contributed by atoms with Gasteiger partial charge in [-0.1, -0.05) is 6.07 Å². The fourth-order valence-corrected chi connectivity index (χ4v) is 4.68. The molecule has 1 aliphatic heterocycles. The number of thiazole rings is 2. The third-order valence-electron chi connectivity index (χ3n) is 4.37. The number of aromatic nitrogens is 2. The zero-order chi connectivity index (χ0) is 18.8. The van der Waals surface area contributed by atoms with Crippen LogP contribution in [0.2, 0.25) is 0 Å². The van der Waals surface area contributed by atoms with Crippen LogP contribution in [0.15, 0.2) is 36.0 Å². The molecule has 1 aromatic carbocycles. The highest BCUT2D eigenvalue weighted by Gasteiger charge is 2.32. The molecule has 1 unspecified atom stereocenters. The standard InChI is InChI=1S/C18H16F2N4OS2/c19-13-4-3-11(9-14(13)20)8-12-10-22-17(27-12)23-16(25)15-2-1-6-24(15)18-21-5-7-26-18/h3-5,7,9-10,15H,1-2,6,8H2,(H,22,23,25). The number of hydrogen-bond donors (Lipinski definition) is 1. The number of hydrogen-bond acceptors (Lipinski definition) is 6. The van der Waals surface area contributed by atoms with Gasteiger partial charge < -0.3 is 10.2 Å². The molecule has 2 aromatic heterocycles. The van der Waals surface area contributed by atoms with E-state index in [4.69, 9.17) is 0 Å². The lowest BCUT2D eigenvalue weighted by Crippen LogP contribution is -2.39. The largest absolute Gasteiger partial charge is 0.336 e. The van der Waals surface area contributed by atoms with Crippen molar-refractivity contribution in [2.24, 2.45) is 0 Å². The van der Waals surface area contributed by atoms with Crippen LogP contribution in [0.25, 0.3) is 0 Å². The van der Waals surface area contributed by atoms with E-state index >= 15 is 0 Å². The van der Waals surface area contributed by atoms with E-state index in [1.165, 1.54) is 28.7 Å². The topological polar surface area (TPSA) is 58.1 Å². The fraction of sp³-hybridized carbons (Fsp3) is 0.278. The maximum Gasteiger partial charge on any atom is 0.248 e. The second-order valence-electron chi connectivity index (χ2n) is 6.21. The first-order valence-electron chi connectivity index (χ1n) is 8.46. The Bertz CT molecular complexity index is 945. The van der Waals surface area contributed by atoms with Gasteiger partial charge in [0.2, 0.25) is 5.91 Å². The monoisotopic (exact) mass is 406 g/mol.